The number of thioether (sulfide) groups is 1. The molecule has 1 fully saturated rings. The lowest BCUT2D eigenvalue weighted by atomic mass is 10.4. The van der Waals surface area contributed by atoms with Crippen LogP contribution in [0.15, 0.2) is 33.9 Å². The van der Waals surface area contributed by atoms with Gasteiger partial charge in [0.15, 0.2) is 5.82 Å². The summed E-state index contributed by atoms with van der Waals surface area (Å²) >= 11 is 1.61. The van der Waals surface area contributed by atoms with Gasteiger partial charge in [-0.1, -0.05) is 23.0 Å². The van der Waals surface area contributed by atoms with Crippen molar-refractivity contribution in [1.29, 1.82) is 0 Å². The molecule has 0 aromatic carbocycles. The van der Waals surface area contributed by atoms with E-state index < -0.39 is 0 Å². The maximum atomic E-state index is 5.18. The van der Waals surface area contributed by atoms with Gasteiger partial charge >= 0.3 is 0 Å². The Labute approximate surface area is 97.5 Å². The van der Waals surface area contributed by atoms with Crippen LogP contribution in [0, 0.1) is 0 Å². The van der Waals surface area contributed by atoms with E-state index in [9.17, 15) is 0 Å². The molecule has 0 aliphatic heterocycles. The van der Waals surface area contributed by atoms with E-state index in [2.05, 4.69) is 15.1 Å². The maximum Gasteiger partial charge on any atom is 0.237 e. The average molecular weight is 233 g/mol. The molecule has 1 aliphatic carbocycles. The highest BCUT2D eigenvalue weighted by atomic mass is 32.2. The first-order valence-corrected chi connectivity index (χ1v) is 6.27. The van der Waals surface area contributed by atoms with Crippen molar-refractivity contribution in [2.45, 2.75) is 29.5 Å². The van der Waals surface area contributed by atoms with Gasteiger partial charge in [0.05, 0.1) is 10.8 Å². The van der Waals surface area contributed by atoms with E-state index in [0.717, 1.165) is 10.9 Å². The molecule has 3 rings (SSSR count). The van der Waals surface area contributed by atoms with Crippen molar-refractivity contribution < 1.29 is 4.52 Å². The monoisotopic (exact) mass is 233 g/mol. The number of pyridine rings is 1. The number of hydrogen-bond acceptors (Lipinski definition) is 5. The van der Waals surface area contributed by atoms with Crippen molar-refractivity contribution >= 4 is 11.8 Å². The van der Waals surface area contributed by atoms with Gasteiger partial charge in [0.1, 0.15) is 0 Å². The second-order valence-electron chi connectivity index (χ2n) is 3.78. The van der Waals surface area contributed by atoms with Gasteiger partial charge in [-0.3, -0.25) is 0 Å². The van der Waals surface area contributed by atoms with Gasteiger partial charge in [0, 0.05) is 12.1 Å². The normalized spacial score (nSPS) is 15.2. The first kappa shape index (κ1) is 9.84. The Morgan fingerprint density at radius 2 is 2.31 bits per heavy atom. The second kappa shape index (κ2) is 4.25. The van der Waals surface area contributed by atoms with E-state index in [1.165, 1.54) is 12.8 Å². The Balaban J connectivity index is 1.61. The molecule has 0 atom stereocenters. The van der Waals surface area contributed by atoms with Gasteiger partial charge in [-0.25, -0.2) is 4.98 Å². The lowest BCUT2D eigenvalue weighted by molar-refractivity contribution is 0.385. The van der Waals surface area contributed by atoms with Crippen LogP contribution >= 0.6 is 11.8 Å². The number of rotatable bonds is 4. The Morgan fingerprint density at radius 3 is 3.06 bits per heavy atom. The van der Waals surface area contributed by atoms with E-state index in [0.29, 0.717) is 17.6 Å². The largest absolute Gasteiger partial charge is 0.338 e. The summed E-state index contributed by atoms with van der Waals surface area (Å²) in [5.41, 5.74) is 0. The zero-order valence-electron chi connectivity index (χ0n) is 8.67. The minimum Gasteiger partial charge on any atom is -0.338 e. The number of aromatic nitrogens is 3. The summed E-state index contributed by atoms with van der Waals surface area (Å²) < 4.78 is 5.18. The van der Waals surface area contributed by atoms with E-state index in [4.69, 9.17) is 4.52 Å². The van der Waals surface area contributed by atoms with Gasteiger partial charge in [0.2, 0.25) is 5.89 Å². The minimum absolute atomic E-state index is 0.553. The fourth-order valence-electron chi connectivity index (χ4n) is 1.40. The predicted octanol–water partition coefficient (Wildman–Crippen LogP) is 2.63. The molecule has 2 aromatic rings. The summed E-state index contributed by atoms with van der Waals surface area (Å²) in [6.07, 6.45) is 4.19. The molecule has 0 N–H and O–H groups in total. The molecule has 0 bridgehead atoms. The summed E-state index contributed by atoms with van der Waals surface area (Å²) in [4.78, 5) is 8.58. The Bertz CT molecular complexity index is 467. The summed E-state index contributed by atoms with van der Waals surface area (Å²) in [6, 6.07) is 5.85. The Morgan fingerprint density at radius 1 is 1.38 bits per heavy atom. The van der Waals surface area contributed by atoms with Gasteiger partial charge in [-0.2, -0.15) is 4.98 Å². The molecule has 0 amide bonds. The molecule has 1 saturated carbocycles. The van der Waals surface area contributed by atoms with Crippen LogP contribution in [-0.4, -0.2) is 15.1 Å². The molecular weight excluding hydrogens is 222 g/mol. The maximum absolute atomic E-state index is 5.18. The topological polar surface area (TPSA) is 51.8 Å². The SMILES string of the molecule is c1ccc(SCc2nc(C3CC3)no2)nc1. The van der Waals surface area contributed by atoms with Crippen molar-refractivity contribution in [3.8, 4) is 0 Å². The molecular formula is C11H11N3OS. The second-order valence-corrected chi connectivity index (χ2v) is 4.77. The summed E-state index contributed by atoms with van der Waals surface area (Å²) in [7, 11) is 0. The molecule has 16 heavy (non-hydrogen) atoms. The quantitative estimate of drug-likeness (QED) is 0.760. The van der Waals surface area contributed by atoms with Crippen molar-refractivity contribution in [3.63, 3.8) is 0 Å². The summed E-state index contributed by atoms with van der Waals surface area (Å²) in [6.45, 7) is 0. The predicted molar refractivity (Wildman–Crippen MR) is 60.1 cm³/mol. The molecule has 82 valence electrons. The van der Waals surface area contributed by atoms with Crippen LogP contribution in [-0.2, 0) is 5.75 Å². The molecule has 5 heteroatoms. The third-order valence-electron chi connectivity index (χ3n) is 2.41. The van der Waals surface area contributed by atoms with E-state index >= 15 is 0 Å². The standard InChI is InChI=1S/C11H11N3OS/c1-2-6-12-10(3-1)16-7-9-13-11(14-15-9)8-4-5-8/h1-3,6,8H,4-5,7H2. The zero-order chi connectivity index (χ0) is 10.8. The minimum atomic E-state index is 0.553. The average Bonchev–Trinajstić information content (AvgIpc) is 3.08. The molecule has 1 aliphatic rings. The van der Waals surface area contributed by atoms with Crippen molar-refractivity contribution in [1.82, 2.24) is 15.1 Å². The van der Waals surface area contributed by atoms with Gasteiger partial charge < -0.3 is 4.52 Å². The lowest BCUT2D eigenvalue weighted by Gasteiger charge is -1.94. The van der Waals surface area contributed by atoms with Gasteiger partial charge in [-0.15, -0.1) is 0 Å². The van der Waals surface area contributed by atoms with Crippen molar-refractivity contribution in [3.05, 3.63) is 36.1 Å². The smallest absolute Gasteiger partial charge is 0.237 e. The lowest BCUT2D eigenvalue weighted by Crippen LogP contribution is -1.84. The Hall–Kier alpha value is -1.36. The molecule has 2 heterocycles. The van der Waals surface area contributed by atoms with Crippen LogP contribution in [0.5, 0.6) is 0 Å². The first-order valence-electron chi connectivity index (χ1n) is 5.28. The summed E-state index contributed by atoms with van der Waals surface area (Å²) in [5, 5.41) is 4.95. The number of nitrogens with zero attached hydrogens (tertiary/aromatic N) is 3. The first-order chi connectivity index (χ1) is 7.92. The van der Waals surface area contributed by atoms with Crippen LogP contribution < -0.4 is 0 Å². The molecule has 2 aromatic heterocycles. The van der Waals surface area contributed by atoms with Crippen molar-refractivity contribution in [2.24, 2.45) is 0 Å². The van der Waals surface area contributed by atoms with Crippen LogP contribution in [0.1, 0.15) is 30.5 Å². The van der Waals surface area contributed by atoms with Crippen LogP contribution in [0.4, 0.5) is 0 Å². The highest BCUT2D eigenvalue weighted by Gasteiger charge is 2.28. The van der Waals surface area contributed by atoms with E-state index in [-0.39, 0.29) is 0 Å². The zero-order valence-corrected chi connectivity index (χ0v) is 9.48. The fourth-order valence-corrected chi connectivity index (χ4v) is 2.10. The highest BCUT2D eigenvalue weighted by molar-refractivity contribution is 7.98. The third-order valence-corrected chi connectivity index (χ3v) is 3.34. The van der Waals surface area contributed by atoms with Crippen LogP contribution in [0.25, 0.3) is 0 Å². The highest BCUT2D eigenvalue weighted by Crippen LogP contribution is 2.38. The van der Waals surface area contributed by atoms with Gasteiger partial charge in [0.25, 0.3) is 0 Å². The number of hydrogen-bond donors (Lipinski definition) is 0. The third kappa shape index (κ3) is 2.24. The van der Waals surface area contributed by atoms with E-state index in [1.807, 2.05) is 18.2 Å². The van der Waals surface area contributed by atoms with Crippen molar-refractivity contribution in [2.75, 3.05) is 0 Å². The van der Waals surface area contributed by atoms with Crippen LogP contribution in [0.3, 0.4) is 0 Å². The molecule has 0 saturated heterocycles. The molecule has 0 radical (unpaired) electrons. The molecule has 4 nitrogen and oxygen atoms in total. The molecule has 0 unspecified atom stereocenters. The van der Waals surface area contributed by atoms with E-state index in [1.54, 1.807) is 18.0 Å². The fraction of sp³-hybridized carbons (Fsp3) is 0.364. The van der Waals surface area contributed by atoms with Crippen LogP contribution in [0.2, 0.25) is 0 Å². The van der Waals surface area contributed by atoms with Gasteiger partial charge in [-0.05, 0) is 25.0 Å². The molecule has 0 spiro atoms. The Kier molecular flexibility index (Phi) is 2.61. The summed E-state index contributed by atoms with van der Waals surface area (Å²) in [5.74, 6) is 2.81.